The van der Waals surface area contributed by atoms with E-state index in [1.807, 2.05) is 0 Å². The van der Waals surface area contributed by atoms with Gasteiger partial charge in [-0.1, -0.05) is 18.5 Å². The second-order valence-corrected chi connectivity index (χ2v) is 6.63. The van der Waals surface area contributed by atoms with Crippen molar-refractivity contribution in [1.29, 1.82) is 0 Å². The Labute approximate surface area is 138 Å². The van der Waals surface area contributed by atoms with Gasteiger partial charge in [0.1, 0.15) is 0 Å². The molecule has 1 aromatic carbocycles. The average molecular weight is 376 g/mol. The van der Waals surface area contributed by atoms with Crippen LogP contribution in [0.4, 0.5) is 5.69 Å². The molecule has 1 saturated heterocycles. The molecule has 0 aliphatic carbocycles. The Hall–Kier alpha value is -0.780. The van der Waals surface area contributed by atoms with Crippen LogP contribution in [0.1, 0.15) is 26.2 Å². The molecule has 6 heteroatoms. The quantitative estimate of drug-likeness (QED) is 0.841. The number of hydrogen-bond donors (Lipinski definition) is 2. The number of carbonyl (C=O) groups excluding carboxylic acids is 1. The van der Waals surface area contributed by atoms with Gasteiger partial charge in [0.25, 0.3) is 0 Å². The number of methoxy groups -OCH3 is 1. The number of anilines is 1. The van der Waals surface area contributed by atoms with Gasteiger partial charge in [-0.15, -0.1) is 0 Å². The molecule has 1 unspecified atom stereocenters. The lowest BCUT2D eigenvalue weighted by Gasteiger charge is -2.35. The van der Waals surface area contributed by atoms with E-state index in [1.165, 1.54) is 0 Å². The molecule has 0 radical (unpaired) electrons. The van der Waals surface area contributed by atoms with Crippen LogP contribution in [0.2, 0.25) is 5.02 Å². The summed E-state index contributed by atoms with van der Waals surface area (Å²) in [6.45, 7) is 3.73. The van der Waals surface area contributed by atoms with Gasteiger partial charge in [-0.3, -0.25) is 4.79 Å². The van der Waals surface area contributed by atoms with Crippen molar-refractivity contribution in [2.75, 3.05) is 25.5 Å². The molecule has 0 saturated carbocycles. The van der Waals surface area contributed by atoms with E-state index in [0.717, 1.165) is 30.3 Å². The van der Waals surface area contributed by atoms with Crippen LogP contribution in [0.5, 0.6) is 5.75 Å². The van der Waals surface area contributed by atoms with Gasteiger partial charge in [-0.05, 0) is 53.9 Å². The minimum Gasteiger partial charge on any atom is -0.493 e. The zero-order valence-corrected chi connectivity index (χ0v) is 14.6. The predicted molar refractivity (Wildman–Crippen MR) is 89.2 cm³/mol. The maximum atomic E-state index is 12.7. The SMILES string of the molecule is CCC1(C(=O)Nc2cc(Cl)cc(Br)c2OC)CCCNC1. The Morgan fingerprint density at radius 2 is 2.33 bits per heavy atom. The first kappa shape index (κ1) is 16.6. The van der Waals surface area contributed by atoms with Gasteiger partial charge >= 0.3 is 0 Å². The standard InChI is InChI=1S/C15H20BrClN2O2/c1-3-15(5-4-6-18-9-15)14(20)19-12-8-10(17)7-11(16)13(12)21-2/h7-8,18H,3-6,9H2,1-2H3,(H,19,20). The van der Waals surface area contributed by atoms with Gasteiger partial charge in [0.05, 0.1) is 22.7 Å². The molecule has 1 aromatic rings. The Morgan fingerprint density at radius 1 is 1.57 bits per heavy atom. The van der Waals surface area contributed by atoms with E-state index >= 15 is 0 Å². The molecule has 0 spiro atoms. The minimum atomic E-state index is -0.363. The number of nitrogens with one attached hydrogen (secondary N) is 2. The van der Waals surface area contributed by atoms with E-state index in [4.69, 9.17) is 16.3 Å². The van der Waals surface area contributed by atoms with E-state index < -0.39 is 0 Å². The summed E-state index contributed by atoms with van der Waals surface area (Å²) in [7, 11) is 1.57. The lowest BCUT2D eigenvalue weighted by molar-refractivity contribution is -0.126. The third kappa shape index (κ3) is 3.52. The molecule has 1 atom stereocenters. The van der Waals surface area contributed by atoms with Gasteiger partial charge in [0.2, 0.25) is 5.91 Å². The maximum Gasteiger partial charge on any atom is 0.231 e. The zero-order valence-electron chi connectivity index (χ0n) is 12.3. The molecular formula is C15H20BrClN2O2. The summed E-state index contributed by atoms with van der Waals surface area (Å²) in [4.78, 5) is 12.7. The van der Waals surface area contributed by atoms with Gasteiger partial charge in [0, 0.05) is 11.6 Å². The van der Waals surface area contributed by atoms with E-state index in [-0.39, 0.29) is 11.3 Å². The van der Waals surface area contributed by atoms with Crippen LogP contribution in [-0.4, -0.2) is 26.1 Å². The number of hydrogen-bond acceptors (Lipinski definition) is 3. The van der Waals surface area contributed by atoms with Crippen LogP contribution in [0.15, 0.2) is 16.6 Å². The summed E-state index contributed by atoms with van der Waals surface area (Å²) in [5.74, 6) is 0.604. The molecule has 0 aromatic heterocycles. The molecule has 1 fully saturated rings. The fourth-order valence-corrected chi connectivity index (χ4v) is 3.71. The normalized spacial score (nSPS) is 21.9. The number of benzene rings is 1. The monoisotopic (exact) mass is 374 g/mol. The topological polar surface area (TPSA) is 50.4 Å². The van der Waals surface area contributed by atoms with Crippen molar-refractivity contribution in [3.63, 3.8) is 0 Å². The Balaban J connectivity index is 2.26. The smallest absolute Gasteiger partial charge is 0.231 e. The van der Waals surface area contributed by atoms with Crippen LogP contribution < -0.4 is 15.4 Å². The molecule has 2 N–H and O–H groups in total. The maximum absolute atomic E-state index is 12.7. The van der Waals surface area contributed by atoms with E-state index in [2.05, 4.69) is 33.5 Å². The van der Waals surface area contributed by atoms with Gasteiger partial charge in [-0.2, -0.15) is 0 Å². The van der Waals surface area contributed by atoms with Crippen molar-refractivity contribution in [2.45, 2.75) is 26.2 Å². The number of rotatable bonds is 4. The Bertz CT molecular complexity index is 531. The van der Waals surface area contributed by atoms with Crippen molar-refractivity contribution in [1.82, 2.24) is 5.32 Å². The summed E-state index contributed by atoms with van der Waals surface area (Å²) in [5, 5.41) is 6.85. The first-order chi connectivity index (χ1) is 10.0. The third-order valence-electron chi connectivity index (χ3n) is 4.09. The number of amides is 1. The summed E-state index contributed by atoms with van der Waals surface area (Å²) < 4.78 is 6.07. The number of carbonyl (C=O) groups is 1. The summed E-state index contributed by atoms with van der Waals surface area (Å²) >= 11 is 9.47. The number of piperidine rings is 1. The van der Waals surface area contributed by atoms with E-state index in [9.17, 15) is 4.79 Å². The van der Waals surface area contributed by atoms with Gasteiger partial charge in [0.15, 0.2) is 5.75 Å². The van der Waals surface area contributed by atoms with Crippen molar-refractivity contribution in [3.8, 4) is 5.75 Å². The molecule has 1 aliphatic rings. The van der Waals surface area contributed by atoms with Crippen LogP contribution in [0.3, 0.4) is 0 Å². The van der Waals surface area contributed by atoms with Crippen LogP contribution >= 0.6 is 27.5 Å². The minimum absolute atomic E-state index is 0.0182. The van der Waals surface area contributed by atoms with E-state index in [1.54, 1.807) is 19.2 Å². The summed E-state index contributed by atoms with van der Waals surface area (Å²) in [5.41, 5.74) is 0.234. The first-order valence-corrected chi connectivity index (χ1v) is 8.24. The molecule has 21 heavy (non-hydrogen) atoms. The highest BCUT2D eigenvalue weighted by molar-refractivity contribution is 9.10. The van der Waals surface area contributed by atoms with Crippen LogP contribution in [0.25, 0.3) is 0 Å². The van der Waals surface area contributed by atoms with Crippen molar-refractivity contribution >= 4 is 39.1 Å². The highest BCUT2D eigenvalue weighted by Gasteiger charge is 2.38. The number of ether oxygens (including phenoxy) is 1. The van der Waals surface area contributed by atoms with E-state index in [0.29, 0.717) is 23.0 Å². The molecule has 1 heterocycles. The second-order valence-electron chi connectivity index (χ2n) is 5.34. The fraction of sp³-hybridized carbons (Fsp3) is 0.533. The molecule has 2 rings (SSSR count). The van der Waals surface area contributed by atoms with Crippen LogP contribution in [0, 0.1) is 5.41 Å². The van der Waals surface area contributed by atoms with Gasteiger partial charge < -0.3 is 15.4 Å². The third-order valence-corrected chi connectivity index (χ3v) is 4.90. The second kappa shape index (κ2) is 6.99. The lowest BCUT2D eigenvalue weighted by atomic mass is 9.77. The molecule has 116 valence electrons. The van der Waals surface area contributed by atoms with Crippen molar-refractivity contribution in [3.05, 3.63) is 21.6 Å². The summed E-state index contributed by atoms with van der Waals surface area (Å²) in [6, 6.07) is 3.45. The zero-order chi connectivity index (χ0) is 15.5. The number of halogens is 2. The summed E-state index contributed by atoms with van der Waals surface area (Å²) in [6.07, 6.45) is 2.71. The van der Waals surface area contributed by atoms with Crippen molar-refractivity contribution in [2.24, 2.45) is 5.41 Å². The van der Waals surface area contributed by atoms with Crippen molar-refractivity contribution < 1.29 is 9.53 Å². The largest absolute Gasteiger partial charge is 0.493 e. The first-order valence-electron chi connectivity index (χ1n) is 7.07. The van der Waals surface area contributed by atoms with Gasteiger partial charge in [-0.25, -0.2) is 0 Å². The Kier molecular flexibility index (Phi) is 5.52. The molecular weight excluding hydrogens is 356 g/mol. The molecule has 1 aliphatic heterocycles. The highest BCUT2D eigenvalue weighted by Crippen LogP contribution is 2.38. The Morgan fingerprint density at radius 3 is 2.90 bits per heavy atom. The average Bonchev–Trinajstić information content (AvgIpc) is 2.47. The fourth-order valence-electron chi connectivity index (χ4n) is 2.74. The lowest BCUT2D eigenvalue weighted by Crippen LogP contribution is -2.47. The molecule has 1 amide bonds. The predicted octanol–water partition coefficient (Wildman–Crippen LogP) is 3.83. The highest BCUT2D eigenvalue weighted by atomic mass is 79.9. The molecule has 0 bridgehead atoms. The molecule has 4 nitrogen and oxygen atoms in total. The van der Waals surface area contributed by atoms with Crippen LogP contribution in [-0.2, 0) is 4.79 Å².